The van der Waals surface area contributed by atoms with Crippen LogP contribution in [0.25, 0.3) is 0 Å². The Hall–Kier alpha value is -2.11. The zero-order valence-corrected chi connectivity index (χ0v) is 24.2. The van der Waals surface area contributed by atoms with E-state index in [2.05, 4.69) is 0 Å². The average Bonchev–Trinajstić information content (AvgIpc) is 3.71. The van der Waals surface area contributed by atoms with Crippen LogP contribution in [0.4, 0.5) is 8.78 Å². The number of alkyl halides is 2. The van der Waals surface area contributed by atoms with Crippen LogP contribution in [0.5, 0.6) is 0 Å². The van der Waals surface area contributed by atoms with Gasteiger partial charge in [-0.05, 0) is 60.6 Å². The number of halogens is 4. The maximum absolute atomic E-state index is 14.4. The molecular formula is C28H31Cl2F2N2O5S-. The lowest BCUT2D eigenvalue weighted by Crippen LogP contribution is -2.59. The van der Waals surface area contributed by atoms with Crippen molar-refractivity contribution in [3.63, 3.8) is 0 Å². The number of nitrogens with zero attached hydrogens (tertiary/aromatic N) is 2. The molecule has 218 valence electrons. The first-order chi connectivity index (χ1) is 18.9. The van der Waals surface area contributed by atoms with Crippen molar-refractivity contribution in [1.82, 2.24) is 9.21 Å². The molecule has 5 unspecified atom stereocenters. The van der Waals surface area contributed by atoms with Crippen molar-refractivity contribution < 1.29 is 32.2 Å². The summed E-state index contributed by atoms with van der Waals surface area (Å²) in [6.45, 7) is 1.06. The van der Waals surface area contributed by atoms with E-state index < -0.39 is 72.4 Å². The van der Waals surface area contributed by atoms with Crippen LogP contribution in [-0.2, 0) is 20.9 Å². The highest BCUT2D eigenvalue weighted by Crippen LogP contribution is 2.54. The topological polar surface area (TPSA) is 101 Å². The molecule has 4 rings (SSSR count). The Kier molecular flexibility index (Phi) is 9.88. The number of benzene rings is 2. The van der Waals surface area contributed by atoms with Crippen molar-refractivity contribution in [2.24, 2.45) is 11.3 Å². The second-order valence-corrected chi connectivity index (χ2v) is 12.7. The number of carboxylic acid groups (broad SMARTS) is 1. The van der Waals surface area contributed by atoms with E-state index in [0.29, 0.717) is 10.0 Å². The minimum atomic E-state index is -2.80. The molecule has 0 radical (unpaired) electrons. The molecule has 0 spiro atoms. The monoisotopic (exact) mass is 615 g/mol. The van der Waals surface area contributed by atoms with Crippen molar-refractivity contribution >= 4 is 46.3 Å². The van der Waals surface area contributed by atoms with E-state index in [9.17, 15) is 32.2 Å². The normalized spacial score (nSPS) is 24.9. The molecule has 2 aliphatic rings. The van der Waals surface area contributed by atoms with Gasteiger partial charge in [0.25, 0.3) is 0 Å². The van der Waals surface area contributed by atoms with Crippen LogP contribution in [0.2, 0.25) is 10.0 Å². The standard InChI is InChI=1S/C28H32Cl2F2N2O5S/c1-28(15-25(35)36)14-22(19-3-2-4-21(30)13-19)26(18-7-9-20(29)10-8-18)34(27(28)37)23(17-5-6-17)16-33(40(38)39)12-11-24(31)32/h2-4,7-10,13,17,22-24,26H,5-6,11-12,14-16H2,1H3,(H,35,36)(H,38,39)/p-1. The van der Waals surface area contributed by atoms with Crippen molar-refractivity contribution in [2.45, 2.75) is 63.5 Å². The molecule has 2 aromatic rings. The second kappa shape index (κ2) is 12.8. The fourth-order valence-corrected chi connectivity index (χ4v) is 6.72. The van der Waals surface area contributed by atoms with Gasteiger partial charge in [0.2, 0.25) is 12.3 Å². The first kappa shape index (κ1) is 30.8. The molecule has 0 bridgehead atoms. The molecule has 1 saturated heterocycles. The molecule has 1 heterocycles. The molecular weight excluding hydrogens is 585 g/mol. The smallest absolute Gasteiger partial charge is 0.304 e. The minimum Gasteiger partial charge on any atom is -0.760 e. The van der Waals surface area contributed by atoms with Gasteiger partial charge in [0.05, 0.1) is 17.9 Å². The molecule has 12 heteroatoms. The lowest BCUT2D eigenvalue weighted by Gasteiger charge is -2.52. The van der Waals surface area contributed by atoms with Crippen molar-refractivity contribution in [3.05, 3.63) is 69.7 Å². The molecule has 7 nitrogen and oxygen atoms in total. The van der Waals surface area contributed by atoms with Gasteiger partial charge < -0.3 is 14.6 Å². The van der Waals surface area contributed by atoms with Crippen LogP contribution in [0, 0.1) is 11.3 Å². The van der Waals surface area contributed by atoms with E-state index in [4.69, 9.17) is 23.2 Å². The highest BCUT2D eigenvalue weighted by Gasteiger charge is 2.54. The molecule has 5 atom stereocenters. The number of likely N-dealkylation sites (tertiary alicyclic amines) is 1. The van der Waals surface area contributed by atoms with Gasteiger partial charge in [-0.3, -0.25) is 13.8 Å². The van der Waals surface area contributed by atoms with Crippen molar-refractivity contribution in [3.8, 4) is 0 Å². The lowest BCUT2D eigenvalue weighted by atomic mass is 9.67. The summed E-state index contributed by atoms with van der Waals surface area (Å²) in [4.78, 5) is 28.0. The third kappa shape index (κ3) is 7.20. The highest BCUT2D eigenvalue weighted by molar-refractivity contribution is 7.76. The highest BCUT2D eigenvalue weighted by atomic mass is 35.5. The van der Waals surface area contributed by atoms with E-state index in [-0.39, 0.29) is 18.9 Å². The first-order valence-corrected chi connectivity index (χ1v) is 14.9. The van der Waals surface area contributed by atoms with Gasteiger partial charge in [-0.2, -0.15) is 0 Å². The van der Waals surface area contributed by atoms with Gasteiger partial charge in [-0.15, -0.1) is 0 Å². The van der Waals surface area contributed by atoms with E-state index in [1.165, 1.54) is 0 Å². The summed E-state index contributed by atoms with van der Waals surface area (Å²) in [6, 6.07) is 12.9. The fraction of sp³-hybridized carbons (Fsp3) is 0.500. The second-order valence-electron chi connectivity index (χ2n) is 10.9. The van der Waals surface area contributed by atoms with Gasteiger partial charge in [-0.25, -0.2) is 13.1 Å². The van der Waals surface area contributed by atoms with Crippen molar-refractivity contribution in [1.29, 1.82) is 0 Å². The number of aliphatic carboxylic acids is 1. The Morgan fingerprint density at radius 3 is 2.40 bits per heavy atom. The zero-order valence-electron chi connectivity index (χ0n) is 21.9. The van der Waals surface area contributed by atoms with E-state index in [1.807, 2.05) is 6.07 Å². The fourth-order valence-electron chi connectivity index (χ4n) is 5.87. The number of hydrogen-bond acceptors (Lipinski definition) is 4. The van der Waals surface area contributed by atoms with Gasteiger partial charge in [0, 0.05) is 52.8 Å². The summed E-state index contributed by atoms with van der Waals surface area (Å²) in [6.07, 6.45) is -2.08. The molecule has 1 amide bonds. The Balaban J connectivity index is 1.87. The largest absolute Gasteiger partial charge is 0.760 e. The predicted octanol–water partition coefficient (Wildman–Crippen LogP) is 6.06. The zero-order chi connectivity index (χ0) is 29.2. The molecule has 1 N–H and O–H groups in total. The molecule has 0 aromatic heterocycles. The van der Waals surface area contributed by atoms with Crippen molar-refractivity contribution in [2.75, 3.05) is 13.1 Å². The van der Waals surface area contributed by atoms with E-state index >= 15 is 0 Å². The lowest BCUT2D eigenvalue weighted by molar-refractivity contribution is -0.161. The summed E-state index contributed by atoms with van der Waals surface area (Å²) >= 11 is 9.74. The van der Waals surface area contributed by atoms with Gasteiger partial charge >= 0.3 is 5.97 Å². The summed E-state index contributed by atoms with van der Waals surface area (Å²) in [5.74, 6) is -2.00. The van der Waals surface area contributed by atoms with Crippen LogP contribution in [-0.4, -0.2) is 60.5 Å². The Labute approximate surface area is 244 Å². The molecule has 1 aliphatic carbocycles. The summed E-state index contributed by atoms with van der Waals surface area (Å²) < 4.78 is 51.2. The van der Waals surface area contributed by atoms with Crippen LogP contribution in [0.15, 0.2) is 48.5 Å². The van der Waals surface area contributed by atoms with Gasteiger partial charge in [0.15, 0.2) is 0 Å². The van der Waals surface area contributed by atoms with E-state index in [1.54, 1.807) is 54.3 Å². The number of rotatable bonds is 12. The number of carboxylic acids is 1. The van der Waals surface area contributed by atoms with Crippen LogP contribution in [0.3, 0.4) is 0 Å². The van der Waals surface area contributed by atoms with Crippen LogP contribution in [0.1, 0.15) is 62.1 Å². The number of amides is 1. The minimum absolute atomic E-state index is 0.0662. The summed E-state index contributed by atoms with van der Waals surface area (Å²) in [7, 11) is 0. The Bertz CT molecular complexity index is 1250. The van der Waals surface area contributed by atoms with E-state index in [0.717, 1.165) is 28.3 Å². The maximum atomic E-state index is 14.4. The third-order valence-corrected chi connectivity index (χ3v) is 9.09. The maximum Gasteiger partial charge on any atom is 0.304 e. The molecule has 2 fully saturated rings. The number of piperidine rings is 1. The van der Waals surface area contributed by atoms with Gasteiger partial charge in [0.1, 0.15) is 0 Å². The van der Waals surface area contributed by atoms with Gasteiger partial charge in [-0.1, -0.05) is 54.4 Å². The predicted molar refractivity (Wildman–Crippen MR) is 148 cm³/mol. The molecule has 1 aliphatic heterocycles. The Morgan fingerprint density at radius 1 is 1.18 bits per heavy atom. The van der Waals surface area contributed by atoms with Crippen LogP contribution < -0.4 is 0 Å². The summed E-state index contributed by atoms with van der Waals surface area (Å²) in [5.41, 5.74) is 0.241. The number of carbonyl (C=O) groups is 2. The molecule has 40 heavy (non-hydrogen) atoms. The quantitative estimate of drug-likeness (QED) is 0.292. The molecule has 1 saturated carbocycles. The van der Waals surface area contributed by atoms with Crippen LogP contribution >= 0.6 is 23.2 Å². The molecule has 2 aromatic carbocycles. The average molecular weight is 617 g/mol. The first-order valence-electron chi connectivity index (χ1n) is 13.1. The number of carbonyl (C=O) groups excluding carboxylic acids is 1. The number of hydrogen-bond donors (Lipinski definition) is 1. The summed E-state index contributed by atoms with van der Waals surface area (Å²) in [5, 5.41) is 10.8. The SMILES string of the molecule is CC1(CC(=O)O)CC(c2cccc(Cl)c2)C(c2ccc(Cl)cc2)N(C(CN(CCC(F)F)S(=O)[O-])C2CC2)C1=O. The third-order valence-electron chi connectivity index (χ3n) is 7.85. The Morgan fingerprint density at radius 2 is 1.85 bits per heavy atom.